The van der Waals surface area contributed by atoms with Crippen LogP contribution in [0.3, 0.4) is 0 Å². The number of carbonyl (C=O) groups is 1. The van der Waals surface area contributed by atoms with Crippen molar-refractivity contribution >= 4 is 5.97 Å². The van der Waals surface area contributed by atoms with Gasteiger partial charge in [-0.1, -0.05) is 0 Å². The molecule has 0 spiro atoms. The van der Waals surface area contributed by atoms with E-state index in [9.17, 15) is 4.79 Å². The zero-order chi connectivity index (χ0) is 15.5. The Labute approximate surface area is 128 Å². The van der Waals surface area contributed by atoms with Crippen LogP contribution in [0, 0.1) is 0 Å². The summed E-state index contributed by atoms with van der Waals surface area (Å²) in [6.45, 7) is 3.29. The third kappa shape index (κ3) is 2.90. The monoisotopic (exact) mass is 304 g/mol. The van der Waals surface area contributed by atoms with Crippen molar-refractivity contribution in [2.24, 2.45) is 7.05 Å². The van der Waals surface area contributed by atoms with E-state index in [0.29, 0.717) is 6.54 Å². The van der Waals surface area contributed by atoms with Crippen LogP contribution in [0.15, 0.2) is 28.9 Å². The second-order valence-corrected chi connectivity index (χ2v) is 5.34. The maximum Gasteiger partial charge on any atom is 0.373 e. The van der Waals surface area contributed by atoms with E-state index in [1.807, 2.05) is 30.1 Å². The normalized spacial score (nSPS) is 19.3. The Morgan fingerprint density at radius 1 is 1.55 bits per heavy atom. The van der Waals surface area contributed by atoms with Crippen LogP contribution in [-0.4, -0.2) is 47.2 Å². The van der Waals surface area contributed by atoms with E-state index < -0.39 is 5.97 Å². The summed E-state index contributed by atoms with van der Waals surface area (Å²) in [5.74, 6) is 1.56. The number of furan rings is 1. The molecule has 118 valence electrons. The van der Waals surface area contributed by atoms with E-state index in [-0.39, 0.29) is 11.8 Å². The SMILES string of the molecule is COC(=O)c1ccc(CN2CCNCC2c2nccn2C)o1. The van der Waals surface area contributed by atoms with Gasteiger partial charge in [-0.25, -0.2) is 9.78 Å². The lowest BCUT2D eigenvalue weighted by molar-refractivity contribution is 0.0558. The lowest BCUT2D eigenvalue weighted by Gasteiger charge is -2.35. The van der Waals surface area contributed by atoms with Gasteiger partial charge in [-0.15, -0.1) is 0 Å². The summed E-state index contributed by atoms with van der Waals surface area (Å²) in [5, 5.41) is 3.40. The quantitative estimate of drug-likeness (QED) is 0.848. The minimum absolute atomic E-state index is 0.181. The van der Waals surface area contributed by atoms with Gasteiger partial charge in [-0.2, -0.15) is 0 Å². The van der Waals surface area contributed by atoms with Crippen molar-refractivity contribution in [1.29, 1.82) is 0 Å². The molecule has 3 heterocycles. The molecule has 1 N–H and O–H groups in total. The average molecular weight is 304 g/mol. The summed E-state index contributed by atoms with van der Waals surface area (Å²) in [4.78, 5) is 18.2. The lowest BCUT2D eigenvalue weighted by atomic mass is 10.1. The van der Waals surface area contributed by atoms with Crippen LogP contribution in [0.1, 0.15) is 28.2 Å². The molecular weight excluding hydrogens is 284 g/mol. The summed E-state index contributed by atoms with van der Waals surface area (Å²) in [5.41, 5.74) is 0. The molecule has 0 aliphatic carbocycles. The summed E-state index contributed by atoms with van der Waals surface area (Å²) in [7, 11) is 3.34. The summed E-state index contributed by atoms with van der Waals surface area (Å²) < 4.78 is 12.3. The number of aryl methyl sites for hydroxylation is 1. The van der Waals surface area contributed by atoms with E-state index in [1.165, 1.54) is 7.11 Å². The van der Waals surface area contributed by atoms with Gasteiger partial charge in [0, 0.05) is 39.1 Å². The van der Waals surface area contributed by atoms with Gasteiger partial charge in [0.05, 0.1) is 19.7 Å². The molecule has 0 radical (unpaired) electrons. The number of imidazole rings is 1. The number of esters is 1. The van der Waals surface area contributed by atoms with Gasteiger partial charge in [-0.3, -0.25) is 4.90 Å². The van der Waals surface area contributed by atoms with Gasteiger partial charge in [0.25, 0.3) is 0 Å². The number of rotatable bonds is 4. The second-order valence-electron chi connectivity index (χ2n) is 5.34. The lowest BCUT2D eigenvalue weighted by Crippen LogP contribution is -2.46. The molecule has 1 aliphatic heterocycles. The summed E-state index contributed by atoms with van der Waals surface area (Å²) >= 11 is 0. The number of piperazine rings is 1. The fraction of sp³-hybridized carbons (Fsp3) is 0.467. The minimum Gasteiger partial charge on any atom is -0.463 e. The smallest absolute Gasteiger partial charge is 0.373 e. The van der Waals surface area contributed by atoms with Crippen molar-refractivity contribution in [1.82, 2.24) is 19.8 Å². The molecule has 2 aromatic heterocycles. The Balaban J connectivity index is 1.76. The molecule has 0 amide bonds. The molecule has 1 saturated heterocycles. The van der Waals surface area contributed by atoms with E-state index in [4.69, 9.17) is 4.42 Å². The van der Waals surface area contributed by atoms with Crippen LogP contribution < -0.4 is 5.32 Å². The standard InChI is InChI=1S/C15H20N4O3/c1-18-7-6-17-14(18)12-9-16-5-8-19(12)10-11-3-4-13(22-11)15(20)21-2/h3-4,6-7,12,16H,5,8-10H2,1-2H3. The Morgan fingerprint density at radius 3 is 3.14 bits per heavy atom. The molecule has 3 rings (SSSR count). The third-order valence-corrected chi connectivity index (χ3v) is 3.92. The van der Waals surface area contributed by atoms with Crippen molar-refractivity contribution in [3.05, 3.63) is 41.9 Å². The van der Waals surface area contributed by atoms with E-state index in [0.717, 1.165) is 31.2 Å². The highest BCUT2D eigenvalue weighted by Gasteiger charge is 2.27. The molecule has 1 atom stereocenters. The summed E-state index contributed by atoms with van der Waals surface area (Å²) in [6.07, 6.45) is 3.76. The van der Waals surface area contributed by atoms with Gasteiger partial charge in [0.2, 0.25) is 5.76 Å². The van der Waals surface area contributed by atoms with Crippen LogP contribution in [0.25, 0.3) is 0 Å². The minimum atomic E-state index is -0.452. The largest absolute Gasteiger partial charge is 0.463 e. The molecular formula is C15H20N4O3. The molecule has 1 unspecified atom stereocenters. The molecule has 0 saturated carbocycles. The maximum absolute atomic E-state index is 11.5. The van der Waals surface area contributed by atoms with Crippen molar-refractivity contribution in [3.8, 4) is 0 Å². The molecule has 7 heteroatoms. The van der Waals surface area contributed by atoms with Crippen LogP contribution in [-0.2, 0) is 18.3 Å². The molecule has 7 nitrogen and oxygen atoms in total. The molecule has 1 fully saturated rings. The maximum atomic E-state index is 11.5. The molecule has 2 aromatic rings. The van der Waals surface area contributed by atoms with Crippen molar-refractivity contribution in [2.45, 2.75) is 12.6 Å². The topological polar surface area (TPSA) is 72.5 Å². The average Bonchev–Trinajstić information content (AvgIpc) is 3.16. The number of ether oxygens (including phenoxy) is 1. The first-order chi connectivity index (χ1) is 10.7. The fourth-order valence-electron chi connectivity index (χ4n) is 2.76. The fourth-order valence-corrected chi connectivity index (χ4v) is 2.76. The van der Waals surface area contributed by atoms with Crippen LogP contribution in [0.4, 0.5) is 0 Å². The number of nitrogens with zero attached hydrogens (tertiary/aromatic N) is 3. The first kappa shape index (κ1) is 14.8. The van der Waals surface area contributed by atoms with Crippen LogP contribution >= 0.6 is 0 Å². The van der Waals surface area contributed by atoms with Crippen LogP contribution in [0.5, 0.6) is 0 Å². The predicted octanol–water partition coefficient (Wildman–Crippen LogP) is 0.946. The Bertz CT molecular complexity index is 649. The molecule has 0 bridgehead atoms. The van der Waals surface area contributed by atoms with Crippen molar-refractivity contribution < 1.29 is 13.9 Å². The van der Waals surface area contributed by atoms with E-state index in [1.54, 1.807) is 6.07 Å². The van der Waals surface area contributed by atoms with Gasteiger partial charge in [-0.05, 0) is 12.1 Å². The number of hydrogen-bond acceptors (Lipinski definition) is 6. The zero-order valence-corrected chi connectivity index (χ0v) is 12.8. The second kappa shape index (κ2) is 6.33. The van der Waals surface area contributed by atoms with Crippen molar-refractivity contribution in [2.75, 3.05) is 26.7 Å². The highest BCUT2D eigenvalue weighted by Crippen LogP contribution is 2.23. The van der Waals surface area contributed by atoms with Gasteiger partial charge in [0.15, 0.2) is 0 Å². The van der Waals surface area contributed by atoms with Gasteiger partial charge < -0.3 is 19.0 Å². The first-order valence-corrected chi connectivity index (χ1v) is 7.28. The number of methoxy groups -OCH3 is 1. The van der Waals surface area contributed by atoms with Gasteiger partial charge in [0.1, 0.15) is 11.6 Å². The molecule has 1 aliphatic rings. The molecule has 22 heavy (non-hydrogen) atoms. The Hall–Kier alpha value is -2.12. The highest BCUT2D eigenvalue weighted by molar-refractivity contribution is 5.86. The summed E-state index contributed by atoms with van der Waals surface area (Å²) in [6, 6.07) is 3.66. The highest BCUT2D eigenvalue weighted by atomic mass is 16.5. The number of carbonyl (C=O) groups excluding carboxylic acids is 1. The van der Waals surface area contributed by atoms with E-state index >= 15 is 0 Å². The van der Waals surface area contributed by atoms with Crippen molar-refractivity contribution in [3.63, 3.8) is 0 Å². The Kier molecular flexibility index (Phi) is 4.26. The molecule has 0 aromatic carbocycles. The number of hydrogen-bond donors (Lipinski definition) is 1. The van der Waals surface area contributed by atoms with E-state index in [2.05, 4.69) is 19.9 Å². The third-order valence-electron chi connectivity index (χ3n) is 3.92. The number of aromatic nitrogens is 2. The van der Waals surface area contributed by atoms with Gasteiger partial charge >= 0.3 is 5.97 Å². The number of nitrogens with one attached hydrogen (secondary N) is 1. The van der Waals surface area contributed by atoms with Crippen LogP contribution in [0.2, 0.25) is 0 Å². The predicted molar refractivity (Wildman–Crippen MR) is 79.3 cm³/mol. The Morgan fingerprint density at radius 2 is 2.41 bits per heavy atom. The zero-order valence-electron chi connectivity index (χ0n) is 12.8. The first-order valence-electron chi connectivity index (χ1n) is 7.28.